The Bertz CT molecular complexity index is 643. The molecule has 2 aromatic rings. The van der Waals surface area contributed by atoms with E-state index in [0.29, 0.717) is 16.8 Å². The zero-order chi connectivity index (χ0) is 14.0. The lowest BCUT2D eigenvalue weighted by Crippen LogP contribution is -2.12. The number of aryl methyl sites for hydroxylation is 1. The van der Waals surface area contributed by atoms with Crippen molar-refractivity contribution in [2.45, 2.75) is 6.92 Å². The number of aromatic hydroxyl groups is 1. The highest BCUT2D eigenvalue weighted by atomic mass is 35.5. The molecule has 0 aromatic heterocycles. The number of phenolic OH excluding ortho intramolecular Hbond substituents is 1. The highest BCUT2D eigenvalue weighted by Gasteiger charge is 2.10. The van der Waals surface area contributed by atoms with Gasteiger partial charge in [-0.1, -0.05) is 11.6 Å². The van der Waals surface area contributed by atoms with Gasteiger partial charge in [0.15, 0.2) is 0 Å². The average molecular weight is 280 g/mol. The fourth-order valence-electron chi connectivity index (χ4n) is 1.59. The molecule has 1 amide bonds. The van der Waals surface area contributed by atoms with Crippen LogP contribution in [0.4, 0.5) is 10.1 Å². The quantitative estimate of drug-likeness (QED) is 0.823. The third kappa shape index (κ3) is 3.03. The summed E-state index contributed by atoms with van der Waals surface area (Å²) in [6.45, 7) is 1.58. The van der Waals surface area contributed by atoms with E-state index >= 15 is 0 Å². The van der Waals surface area contributed by atoms with E-state index in [-0.39, 0.29) is 16.6 Å². The van der Waals surface area contributed by atoms with Gasteiger partial charge in [-0.3, -0.25) is 4.79 Å². The zero-order valence-electron chi connectivity index (χ0n) is 10.1. The van der Waals surface area contributed by atoms with Gasteiger partial charge >= 0.3 is 0 Å². The predicted molar refractivity (Wildman–Crippen MR) is 72.2 cm³/mol. The van der Waals surface area contributed by atoms with Gasteiger partial charge in [-0.25, -0.2) is 4.39 Å². The van der Waals surface area contributed by atoms with Crippen LogP contribution in [0, 0.1) is 12.7 Å². The molecule has 3 nitrogen and oxygen atoms in total. The van der Waals surface area contributed by atoms with Crippen LogP contribution in [-0.4, -0.2) is 11.0 Å². The lowest BCUT2D eigenvalue weighted by molar-refractivity contribution is 0.102. The third-order valence-electron chi connectivity index (χ3n) is 2.62. The molecule has 19 heavy (non-hydrogen) atoms. The Balaban J connectivity index is 2.23. The number of carbonyl (C=O) groups is 1. The lowest BCUT2D eigenvalue weighted by atomic mass is 10.1. The van der Waals surface area contributed by atoms with Gasteiger partial charge in [0.1, 0.15) is 11.6 Å². The number of benzene rings is 2. The van der Waals surface area contributed by atoms with Crippen molar-refractivity contribution >= 4 is 23.2 Å². The zero-order valence-corrected chi connectivity index (χ0v) is 10.8. The monoisotopic (exact) mass is 279 g/mol. The fraction of sp³-hybridized carbons (Fsp3) is 0.0714. The largest absolute Gasteiger partial charge is 0.508 e. The van der Waals surface area contributed by atoms with E-state index in [1.807, 2.05) is 0 Å². The van der Waals surface area contributed by atoms with Crippen LogP contribution in [0.3, 0.4) is 0 Å². The van der Waals surface area contributed by atoms with E-state index in [2.05, 4.69) is 5.32 Å². The van der Waals surface area contributed by atoms with Gasteiger partial charge in [-0.15, -0.1) is 0 Å². The van der Waals surface area contributed by atoms with Gasteiger partial charge in [0.25, 0.3) is 5.91 Å². The molecule has 0 aliphatic heterocycles. The summed E-state index contributed by atoms with van der Waals surface area (Å²) in [6.07, 6.45) is 0. The van der Waals surface area contributed by atoms with Crippen LogP contribution in [0.2, 0.25) is 5.02 Å². The molecule has 0 fully saturated rings. The normalized spacial score (nSPS) is 10.3. The molecule has 0 aliphatic rings. The third-order valence-corrected chi connectivity index (χ3v) is 2.93. The molecule has 0 aliphatic carbocycles. The fourth-order valence-corrected chi connectivity index (χ4v) is 1.81. The van der Waals surface area contributed by atoms with Crippen LogP contribution in [0.5, 0.6) is 5.75 Å². The summed E-state index contributed by atoms with van der Waals surface area (Å²) >= 11 is 5.88. The molecule has 0 heterocycles. The van der Waals surface area contributed by atoms with Crippen molar-refractivity contribution in [2.75, 3.05) is 5.32 Å². The van der Waals surface area contributed by atoms with Crippen molar-refractivity contribution in [1.82, 2.24) is 0 Å². The molecule has 2 rings (SSSR count). The molecule has 2 N–H and O–H groups in total. The second-order valence-corrected chi connectivity index (χ2v) is 4.49. The number of hydrogen-bond donors (Lipinski definition) is 2. The standard InChI is InChI=1S/C14H11ClFNO2/c1-8-6-9(2-4-12(8)16)14(19)17-13-5-3-10(18)7-11(13)15/h2-7,18H,1H3,(H,17,19). The number of hydrogen-bond acceptors (Lipinski definition) is 2. The number of amides is 1. The van der Waals surface area contributed by atoms with Crippen molar-refractivity contribution in [3.05, 3.63) is 58.4 Å². The van der Waals surface area contributed by atoms with E-state index in [9.17, 15) is 14.3 Å². The predicted octanol–water partition coefficient (Wildman–Crippen LogP) is 3.75. The smallest absolute Gasteiger partial charge is 0.255 e. The van der Waals surface area contributed by atoms with Crippen LogP contribution in [-0.2, 0) is 0 Å². The summed E-state index contributed by atoms with van der Waals surface area (Å²) in [5.74, 6) is -0.740. The van der Waals surface area contributed by atoms with Gasteiger partial charge in [0.2, 0.25) is 0 Å². The minimum Gasteiger partial charge on any atom is -0.508 e. The molecule has 2 aromatic carbocycles. The van der Waals surface area contributed by atoms with Crippen molar-refractivity contribution in [2.24, 2.45) is 0 Å². The molecular formula is C14H11ClFNO2. The van der Waals surface area contributed by atoms with Gasteiger partial charge in [-0.2, -0.15) is 0 Å². The van der Waals surface area contributed by atoms with Crippen LogP contribution in [0.15, 0.2) is 36.4 Å². The van der Waals surface area contributed by atoms with Crippen LogP contribution in [0.25, 0.3) is 0 Å². The molecule has 0 saturated carbocycles. The Morgan fingerprint density at radius 1 is 1.26 bits per heavy atom. The Hall–Kier alpha value is -2.07. The number of anilines is 1. The van der Waals surface area contributed by atoms with Crippen LogP contribution >= 0.6 is 11.6 Å². The number of halogens is 2. The summed E-state index contributed by atoms with van der Waals surface area (Å²) in [6, 6.07) is 8.32. The Labute approximate surface area is 114 Å². The first-order valence-electron chi connectivity index (χ1n) is 5.53. The summed E-state index contributed by atoms with van der Waals surface area (Å²) in [7, 11) is 0. The Morgan fingerprint density at radius 2 is 2.00 bits per heavy atom. The molecule has 0 unspecified atom stereocenters. The maximum absolute atomic E-state index is 13.1. The molecule has 0 saturated heterocycles. The maximum atomic E-state index is 13.1. The van der Waals surface area contributed by atoms with Crippen molar-refractivity contribution < 1.29 is 14.3 Å². The first-order valence-corrected chi connectivity index (χ1v) is 5.91. The summed E-state index contributed by atoms with van der Waals surface area (Å²) in [4.78, 5) is 12.0. The van der Waals surface area contributed by atoms with Crippen molar-refractivity contribution in [1.29, 1.82) is 0 Å². The summed E-state index contributed by atoms with van der Waals surface area (Å²) in [5.41, 5.74) is 1.11. The minimum atomic E-state index is -0.393. The van der Waals surface area contributed by atoms with E-state index in [4.69, 9.17) is 11.6 Å². The van der Waals surface area contributed by atoms with Crippen LogP contribution < -0.4 is 5.32 Å². The molecule has 98 valence electrons. The first kappa shape index (κ1) is 13.4. The van der Waals surface area contributed by atoms with E-state index in [1.165, 1.54) is 36.4 Å². The molecule has 0 bridgehead atoms. The van der Waals surface area contributed by atoms with E-state index in [1.54, 1.807) is 6.92 Å². The second-order valence-electron chi connectivity index (χ2n) is 4.08. The summed E-state index contributed by atoms with van der Waals surface area (Å²) in [5, 5.41) is 12.0. The number of phenols is 1. The van der Waals surface area contributed by atoms with Crippen molar-refractivity contribution in [3.63, 3.8) is 0 Å². The van der Waals surface area contributed by atoms with Gasteiger partial charge in [-0.05, 0) is 42.8 Å². The number of nitrogens with one attached hydrogen (secondary N) is 1. The number of rotatable bonds is 2. The Morgan fingerprint density at radius 3 is 2.63 bits per heavy atom. The minimum absolute atomic E-state index is 0.0145. The van der Waals surface area contributed by atoms with Crippen molar-refractivity contribution in [3.8, 4) is 5.75 Å². The lowest BCUT2D eigenvalue weighted by Gasteiger charge is -2.08. The SMILES string of the molecule is Cc1cc(C(=O)Nc2ccc(O)cc2Cl)ccc1F. The number of carbonyl (C=O) groups excluding carboxylic acids is 1. The topological polar surface area (TPSA) is 49.3 Å². The van der Waals surface area contributed by atoms with Gasteiger partial charge < -0.3 is 10.4 Å². The molecular weight excluding hydrogens is 269 g/mol. The molecule has 0 atom stereocenters. The summed E-state index contributed by atoms with van der Waals surface area (Å²) < 4.78 is 13.1. The molecule has 0 radical (unpaired) electrons. The molecule has 5 heteroatoms. The first-order chi connectivity index (χ1) is 8.97. The van der Waals surface area contributed by atoms with E-state index in [0.717, 1.165) is 0 Å². The van der Waals surface area contributed by atoms with Gasteiger partial charge in [0, 0.05) is 11.6 Å². The maximum Gasteiger partial charge on any atom is 0.255 e. The average Bonchev–Trinajstić information content (AvgIpc) is 2.36. The van der Waals surface area contributed by atoms with E-state index < -0.39 is 5.91 Å². The van der Waals surface area contributed by atoms with Crippen LogP contribution in [0.1, 0.15) is 15.9 Å². The second kappa shape index (κ2) is 5.28. The van der Waals surface area contributed by atoms with Gasteiger partial charge in [0.05, 0.1) is 10.7 Å². The highest BCUT2D eigenvalue weighted by Crippen LogP contribution is 2.26. The highest BCUT2D eigenvalue weighted by molar-refractivity contribution is 6.34. The molecule has 0 spiro atoms. The Kier molecular flexibility index (Phi) is 3.71.